The van der Waals surface area contributed by atoms with Crippen LogP contribution in [0.2, 0.25) is 0 Å². The first-order valence-corrected chi connectivity index (χ1v) is 9.31. The molecule has 148 valence electrons. The minimum atomic E-state index is -0.323. The number of nitrogens with one attached hydrogen (secondary N) is 2. The van der Waals surface area contributed by atoms with Gasteiger partial charge in [-0.15, -0.1) is 0 Å². The highest BCUT2D eigenvalue weighted by Crippen LogP contribution is 2.27. The summed E-state index contributed by atoms with van der Waals surface area (Å²) in [6.45, 7) is 3.52. The summed E-state index contributed by atoms with van der Waals surface area (Å²) in [5.41, 5.74) is 1.44. The van der Waals surface area contributed by atoms with Crippen LogP contribution in [0.15, 0.2) is 48.5 Å². The van der Waals surface area contributed by atoms with E-state index in [4.69, 9.17) is 9.47 Å². The Morgan fingerprint density at radius 3 is 2.64 bits per heavy atom. The Kier molecular flexibility index (Phi) is 6.37. The monoisotopic (exact) mass is 383 g/mol. The van der Waals surface area contributed by atoms with Gasteiger partial charge >= 0.3 is 6.03 Å². The molecule has 3 amide bonds. The number of carbonyl (C=O) groups excluding carboxylic acids is 2. The van der Waals surface area contributed by atoms with Crippen LogP contribution in [-0.2, 0) is 4.79 Å². The second-order valence-corrected chi connectivity index (χ2v) is 6.54. The minimum absolute atomic E-state index is 0.0566. The highest BCUT2D eigenvalue weighted by Gasteiger charge is 2.30. The van der Waals surface area contributed by atoms with Crippen LogP contribution in [0.25, 0.3) is 0 Å². The fraction of sp³-hybridized carbons (Fsp3) is 0.333. The molecule has 7 heteroatoms. The number of nitrogens with zero attached hydrogens (tertiary/aromatic N) is 1. The van der Waals surface area contributed by atoms with Crippen molar-refractivity contribution in [2.75, 3.05) is 37.0 Å². The van der Waals surface area contributed by atoms with Gasteiger partial charge < -0.3 is 25.0 Å². The number of anilines is 2. The van der Waals surface area contributed by atoms with Gasteiger partial charge in [-0.25, -0.2) is 4.79 Å². The fourth-order valence-electron chi connectivity index (χ4n) is 3.21. The molecule has 3 rings (SSSR count). The maximum absolute atomic E-state index is 12.4. The molecule has 0 bridgehead atoms. The van der Waals surface area contributed by atoms with Crippen LogP contribution in [0.5, 0.6) is 11.5 Å². The highest BCUT2D eigenvalue weighted by atomic mass is 16.5. The van der Waals surface area contributed by atoms with Gasteiger partial charge in [0.25, 0.3) is 0 Å². The summed E-state index contributed by atoms with van der Waals surface area (Å²) < 4.78 is 10.7. The predicted octanol–water partition coefficient (Wildman–Crippen LogP) is 3.27. The zero-order chi connectivity index (χ0) is 19.9. The second kappa shape index (κ2) is 9.12. The Labute approximate surface area is 164 Å². The highest BCUT2D eigenvalue weighted by molar-refractivity contribution is 5.96. The summed E-state index contributed by atoms with van der Waals surface area (Å²) in [7, 11) is 1.55. The molecule has 2 N–H and O–H groups in total. The number of para-hydroxylation sites is 2. The number of hydrogen-bond acceptors (Lipinski definition) is 4. The number of hydrogen-bond donors (Lipinski definition) is 2. The van der Waals surface area contributed by atoms with Crippen molar-refractivity contribution < 1.29 is 19.1 Å². The molecule has 28 heavy (non-hydrogen) atoms. The normalized spacial score (nSPS) is 16.0. The first-order valence-electron chi connectivity index (χ1n) is 9.31. The van der Waals surface area contributed by atoms with E-state index in [1.54, 1.807) is 24.1 Å². The van der Waals surface area contributed by atoms with Gasteiger partial charge in [-0.2, -0.15) is 0 Å². The lowest BCUT2D eigenvalue weighted by Gasteiger charge is -2.17. The average Bonchev–Trinajstić information content (AvgIpc) is 3.08. The van der Waals surface area contributed by atoms with Crippen molar-refractivity contribution in [2.24, 2.45) is 5.92 Å². The molecular weight excluding hydrogens is 358 g/mol. The maximum Gasteiger partial charge on any atom is 0.319 e. The van der Waals surface area contributed by atoms with E-state index in [2.05, 4.69) is 10.6 Å². The van der Waals surface area contributed by atoms with E-state index in [-0.39, 0.29) is 17.9 Å². The molecule has 1 heterocycles. The third-order valence-electron chi connectivity index (χ3n) is 4.57. The maximum atomic E-state index is 12.4. The van der Waals surface area contributed by atoms with Gasteiger partial charge in [0.2, 0.25) is 5.91 Å². The lowest BCUT2D eigenvalue weighted by molar-refractivity contribution is -0.117. The predicted molar refractivity (Wildman–Crippen MR) is 108 cm³/mol. The van der Waals surface area contributed by atoms with E-state index in [0.717, 1.165) is 11.4 Å². The van der Waals surface area contributed by atoms with Crippen molar-refractivity contribution in [1.29, 1.82) is 0 Å². The molecule has 0 unspecified atom stereocenters. The van der Waals surface area contributed by atoms with Crippen molar-refractivity contribution in [2.45, 2.75) is 13.3 Å². The molecule has 2 aromatic rings. The molecular formula is C21H25N3O4. The summed E-state index contributed by atoms with van der Waals surface area (Å²) >= 11 is 0. The zero-order valence-corrected chi connectivity index (χ0v) is 16.1. The topological polar surface area (TPSA) is 79.9 Å². The molecule has 0 spiro atoms. The number of benzene rings is 2. The molecule has 1 saturated heterocycles. The van der Waals surface area contributed by atoms with E-state index in [9.17, 15) is 9.59 Å². The van der Waals surface area contributed by atoms with Gasteiger partial charge in [-0.05, 0) is 43.3 Å². The van der Waals surface area contributed by atoms with E-state index in [1.165, 1.54) is 0 Å². The van der Waals surface area contributed by atoms with E-state index < -0.39 is 0 Å². The molecule has 1 atom stereocenters. The quantitative estimate of drug-likeness (QED) is 0.769. The van der Waals surface area contributed by atoms with Gasteiger partial charge in [-0.3, -0.25) is 4.79 Å². The summed E-state index contributed by atoms with van der Waals surface area (Å²) in [6.07, 6.45) is 0.405. The van der Waals surface area contributed by atoms with Crippen LogP contribution in [0.1, 0.15) is 13.3 Å². The van der Waals surface area contributed by atoms with Crippen molar-refractivity contribution in [1.82, 2.24) is 5.32 Å². The van der Waals surface area contributed by atoms with Crippen molar-refractivity contribution >= 4 is 23.3 Å². The average molecular weight is 383 g/mol. The zero-order valence-electron chi connectivity index (χ0n) is 16.1. The Hall–Kier alpha value is -3.22. The summed E-state index contributed by atoms with van der Waals surface area (Å²) in [5.74, 6) is 1.49. The van der Waals surface area contributed by atoms with E-state index in [1.807, 2.05) is 43.3 Å². The SMILES string of the molecule is CCOc1ccc(N2C[C@@H](CNC(=O)Nc3ccccc3OC)CC2=O)cc1. The summed E-state index contributed by atoms with van der Waals surface area (Å²) in [5, 5.41) is 5.61. The van der Waals surface area contributed by atoms with E-state index >= 15 is 0 Å². The molecule has 1 aliphatic rings. The Morgan fingerprint density at radius 1 is 1.18 bits per heavy atom. The van der Waals surface area contributed by atoms with Crippen molar-refractivity contribution in [3.05, 3.63) is 48.5 Å². The van der Waals surface area contributed by atoms with Crippen LogP contribution >= 0.6 is 0 Å². The number of carbonyl (C=O) groups is 2. The van der Waals surface area contributed by atoms with Gasteiger partial charge in [0.1, 0.15) is 11.5 Å². The molecule has 0 aromatic heterocycles. The molecule has 0 radical (unpaired) electrons. The van der Waals surface area contributed by atoms with Crippen LogP contribution < -0.4 is 25.0 Å². The lowest BCUT2D eigenvalue weighted by atomic mass is 10.1. The fourth-order valence-corrected chi connectivity index (χ4v) is 3.21. The second-order valence-electron chi connectivity index (χ2n) is 6.54. The first-order chi connectivity index (χ1) is 13.6. The number of urea groups is 1. The van der Waals surface area contributed by atoms with Gasteiger partial charge in [0, 0.05) is 31.1 Å². The molecule has 7 nitrogen and oxygen atoms in total. The van der Waals surface area contributed by atoms with Crippen LogP contribution in [0, 0.1) is 5.92 Å². The Morgan fingerprint density at radius 2 is 1.93 bits per heavy atom. The first kappa shape index (κ1) is 19.5. The third kappa shape index (κ3) is 4.73. The minimum Gasteiger partial charge on any atom is -0.495 e. The third-order valence-corrected chi connectivity index (χ3v) is 4.57. The summed E-state index contributed by atoms with van der Waals surface area (Å²) in [4.78, 5) is 26.3. The molecule has 1 fully saturated rings. The molecule has 0 saturated carbocycles. The standard InChI is InChI=1S/C21H25N3O4/c1-3-28-17-10-8-16(9-11-17)24-14-15(12-20(24)25)13-22-21(26)23-18-6-4-5-7-19(18)27-2/h4-11,15H,3,12-14H2,1-2H3,(H2,22,23,26)/t15-/m1/s1. The van der Waals surface area contributed by atoms with Crippen LogP contribution in [-0.4, -0.2) is 38.7 Å². The van der Waals surface area contributed by atoms with Crippen molar-refractivity contribution in [3.63, 3.8) is 0 Å². The Balaban J connectivity index is 1.52. The number of rotatable bonds is 7. The van der Waals surface area contributed by atoms with E-state index in [0.29, 0.717) is 37.6 Å². The largest absolute Gasteiger partial charge is 0.495 e. The van der Waals surface area contributed by atoms with Gasteiger partial charge in [0.15, 0.2) is 0 Å². The number of ether oxygens (including phenoxy) is 2. The smallest absolute Gasteiger partial charge is 0.319 e. The lowest BCUT2D eigenvalue weighted by Crippen LogP contribution is -2.34. The molecule has 1 aliphatic heterocycles. The molecule has 2 aromatic carbocycles. The van der Waals surface area contributed by atoms with Gasteiger partial charge in [0.05, 0.1) is 19.4 Å². The summed E-state index contributed by atoms with van der Waals surface area (Å²) in [6, 6.07) is 14.4. The number of methoxy groups -OCH3 is 1. The number of amides is 3. The van der Waals surface area contributed by atoms with Gasteiger partial charge in [-0.1, -0.05) is 12.1 Å². The van der Waals surface area contributed by atoms with Crippen LogP contribution in [0.4, 0.5) is 16.2 Å². The Bertz CT molecular complexity index is 823. The van der Waals surface area contributed by atoms with Crippen molar-refractivity contribution in [3.8, 4) is 11.5 Å². The van der Waals surface area contributed by atoms with Crippen LogP contribution in [0.3, 0.4) is 0 Å². The molecule has 0 aliphatic carbocycles.